The first-order valence-corrected chi connectivity index (χ1v) is 5.91. The highest BCUT2D eigenvalue weighted by Crippen LogP contribution is 2.38. The highest BCUT2D eigenvalue weighted by Gasteiger charge is 2.39. The third-order valence-corrected chi connectivity index (χ3v) is 2.95. The summed E-state index contributed by atoms with van der Waals surface area (Å²) in [4.78, 5) is 8.11. The maximum Gasteiger partial charge on any atom is 0.248 e. The van der Waals surface area contributed by atoms with Crippen LogP contribution in [-0.2, 0) is 0 Å². The SMILES string of the molecule is I.NC(=NCC1CCC(F)(F)C1)Nc1ccccn1. The number of nitrogens with zero attached hydrogens (tertiary/aromatic N) is 2. The van der Waals surface area contributed by atoms with E-state index in [0.717, 1.165) is 0 Å². The van der Waals surface area contributed by atoms with E-state index in [1.165, 1.54) is 0 Å². The molecule has 0 aromatic carbocycles. The average Bonchev–Trinajstić information content (AvgIpc) is 2.68. The van der Waals surface area contributed by atoms with Gasteiger partial charge in [-0.2, -0.15) is 0 Å². The molecule has 1 atom stereocenters. The normalized spacial score (nSPS) is 21.8. The number of hydrogen-bond acceptors (Lipinski definition) is 2. The summed E-state index contributed by atoms with van der Waals surface area (Å²) in [5.74, 6) is -1.80. The zero-order valence-corrected chi connectivity index (χ0v) is 12.7. The first-order valence-electron chi connectivity index (χ1n) is 5.91. The van der Waals surface area contributed by atoms with Crippen molar-refractivity contribution in [3.8, 4) is 0 Å². The molecule has 106 valence electrons. The Morgan fingerprint density at radius 1 is 1.53 bits per heavy atom. The van der Waals surface area contributed by atoms with Crippen molar-refractivity contribution in [1.29, 1.82) is 0 Å². The molecule has 3 N–H and O–H groups in total. The van der Waals surface area contributed by atoms with Gasteiger partial charge in [0.25, 0.3) is 0 Å². The molecular weight excluding hydrogens is 365 g/mol. The van der Waals surface area contributed by atoms with Gasteiger partial charge in [-0.25, -0.2) is 13.8 Å². The van der Waals surface area contributed by atoms with Crippen molar-refractivity contribution < 1.29 is 8.78 Å². The molecule has 1 aromatic rings. The molecule has 1 aromatic heterocycles. The Bertz CT molecular complexity index is 425. The number of aliphatic imine (C=N–C) groups is 1. The number of halogens is 3. The molecule has 1 fully saturated rings. The highest BCUT2D eigenvalue weighted by molar-refractivity contribution is 14.0. The Balaban J connectivity index is 0.00000180. The maximum atomic E-state index is 13.0. The van der Waals surface area contributed by atoms with Crippen molar-refractivity contribution in [2.24, 2.45) is 16.6 Å². The fraction of sp³-hybridized carbons (Fsp3) is 0.500. The van der Waals surface area contributed by atoms with Crippen LogP contribution in [0.4, 0.5) is 14.6 Å². The van der Waals surface area contributed by atoms with Crippen LogP contribution < -0.4 is 11.1 Å². The minimum absolute atomic E-state index is 0. The molecule has 0 amide bonds. The molecule has 7 heteroatoms. The van der Waals surface area contributed by atoms with Gasteiger partial charge in [-0.3, -0.25) is 4.99 Å². The van der Waals surface area contributed by atoms with Crippen molar-refractivity contribution in [3.05, 3.63) is 24.4 Å². The van der Waals surface area contributed by atoms with Gasteiger partial charge in [0.2, 0.25) is 5.92 Å². The Morgan fingerprint density at radius 2 is 2.32 bits per heavy atom. The zero-order chi connectivity index (χ0) is 13.0. The molecule has 0 saturated heterocycles. The molecule has 0 spiro atoms. The number of alkyl halides is 2. The molecular formula is C12H17F2IN4. The smallest absolute Gasteiger partial charge is 0.248 e. The number of pyridine rings is 1. The van der Waals surface area contributed by atoms with Crippen LogP contribution in [0, 0.1) is 5.92 Å². The number of hydrogen-bond donors (Lipinski definition) is 2. The summed E-state index contributed by atoms with van der Waals surface area (Å²) in [6.45, 7) is 0.335. The molecule has 1 aliphatic rings. The largest absolute Gasteiger partial charge is 0.370 e. The standard InChI is InChI=1S/C12H16F2N4.HI/c13-12(14)5-4-9(7-12)8-17-11(15)18-10-3-1-2-6-16-10;/h1-3,6,9H,4-5,7-8H2,(H3,15,16,17,18);1H. The second-order valence-corrected chi connectivity index (χ2v) is 4.53. The number of rotatable bonds is 3. The molecule has 0 aliphatic heterocycles. The Morgan fingerprint density at radius 3 is 2.89 bits per heavy atom. The van der Waals surface area contributed by atoms with Gasteiger partial charge in [-0.15, -0.1) is 24.0 Å². The Labute approximate surface area is 127 Å². The summed E-state index contributed by atoms with van der Waals surface area (Å²) in [5, 5.41) is 2.82. The molecule has 0 radical (unpaired) electrons. The Hall–Kier alpha value is -0.990. The Kier molecular flexibility index (Phi) is 5.89. The van der Waals surface area contributed by atoms with Crippen LogP contribution in [0.5, 0.6) is 0 Å². The zero-order valence-electron chi connectivity index (χ0n) is 10.4. The monoisotopic (exact) mass is 382 g/mol. The number of guanidine groups is 1. The van der Waals surface area contributed by atoms with Gasteiger partial charge in [-0.05, 0) is 24.5 Å². The van der Waals surface area contributed by atoms with Gasteiger partial charge >= 0.3 is 0 Å². The van der Waals surface area contributed by atoms with Crippen LogP contribution in [0.15, 0.2) is 29.4 Å². The number of anilines is 1. The van der Waals surface area contributed by atoms with Gasteiger partial charge in [0.1, 0.15) is 5.82 Å². The van der Waals surface area contributed by atoms with Crippen LogP contribution in [0.3, 0.4) is 0 Å². The minimum atomic E-state index is -2.52. The lowest BCUT2D eigenvalue weighted by molar-refractivity contribution is 0.00542. The van der Waals surface area contributed by atoms with Crippen molar-refractivity contribution >= 4 is 35.8 Å². The summed E-state index contributed by atoms with van der Waals surface area (Å²) >= 11 is 0. The molecule has 0 bridgehead atoms. The van der Waals surface area contributed by atoms with Crippen LogP contribution in [0.25, 0.3) is 0 Å². The third-order valence-electron chi connectivity index (χ3n) is 2.95. The average molecular weight is 382 g/mol. The molecule has 1 heterocycles. The van der Waals surface area contributed by atoms with Crippen molar-refractivity contribution in [2.45, 2.75) is 25.2 Å². The van der Waals surface area contributed by atoms with E-state index in [1.54, 1.807) is 18.3 Å². The number of nitrogens with two attached hydrogens (primary N) is 1. The molecule has 19 heavy (non-hydrogen) atoms. The highest BCUT2D eigenvalue weighted by atomic mass is 127. The quantitative estimate of drug-likeness (QED) is 0.480. The number of aromatic nitrogens is 1. The van der Waals surface area contributed by atoms with Crippen LogP contribution in [0.2, 0.25) is 0 Å². The van der Waals surface area contributed by atoms with E-state index < -0.39 is 5.92 Å². The summed E-state index contributed by atoms with van der Waals surface area (Å²) in [7, 11) is 0. The van der Waals surface area contributed by atoms with Gasteiger partial charge in [-0.1, -0.05) is 6.07 Å². The summed E-state index contributed by atoms with van der Waals surface area (Å²) in [6.07, 6.45) is 2.01. The van der Waals surface area contributed by atoms with Crippen LogP contribution in [-0.4, -0.2) is 23.4 Å². The van der Waals surface area contributed by atoms with E-state index >= 15 is 0 Å². The van der Waals surface area contributed by atoms with E-state index in [-0.39, 0.29) is 48.7 Å². The molecule has 1 aliphatic carbocycles. The summed E-state index contributed by atoms with van der Waals surface area (Å²) < 4.78 is 25.9. The lowest BCUT2D eigenvalue weighted by Gasteiger charge is -2.09. The first-order chi connectivity index (χ1) is 8.55. The van der Waals surface area contributed by atoms with Gasteiger partial charge < -0.3 is 11.1 Å². The molecule has 1 saturated carbocycles. The molecule has 4 nitrogen and oxygen atoms in total. The topological polar surface area (TPSA) is 63.3 Å². The lowest BCUT2D eigenvalue weighted by atomic mass is 10.1. The maximum absolute atomic E-state index is 13.0. The number of nitrogens with one attached hydrogen (secondary N) is 1. The van der Waals surface area contributed by atoms with Crippen molar-refractivity contribution in [2.75, 3.05) is 11.9 Å². The summed E-state index contributed by atoms with van der Waals surface area (Å²) in [5.41, 5.74) is 5.66. The van der Waals surface area contributed by atoms with Crippen LogP contribution in [0.1, 0.15) is 19.3 Å². The van der Waals surface area contributed by atoms with E-state index in [4.69, 9.17) is 5.73 Å². The minimum Gasteiger partial charge on any atom is -0.370 e. The first kappa shape index (κ1) is 16.1. The van der Waals surface area contributed by atoms with Crippen LogP contribution >= 0.6 is 24.0 Å². The van der Waals surface area contributed by atoms with Gasteiger partial charge in [0.15, 0.2) is 5.96 Å². The fourth-order valence-corrected chi connectivity index (χ4v) is 2.03. The van der Waals surface area contributed by atoms with E-state index in [1.807, 2.05) is 6.07 Å². The lowest BCUT2D eigenvalue weighted by Crippen LogP contribution is -2.24. The predicted octanol–water partition coefficient (Wildman–Crippen LogP) is 2.86. The molecule has 1 unspecified atom stereocenters. The predicted molar refractivity (Wildman–Crippen MR) is 82.1 cm³/mol. The second kappa shape index (κ2) is 6.97. The van der Waals surface area contributed by atoms with Gasteiger partial charge in [0, 0.05) is 25.6 Å². The molecule has 2 rings (SSSR count). The van der Waals surface area contributed by atoms with Crippen molar-refractivity contribution in [3.63, 3.8) is 0 Å². The van der Waals surface area contributed by atoms with E-state index in [2.05, 4.69) is 15.3 Å². The van der Waals surface area contributed by atoms with Crippen molar-refractivity contribution in [1.82, 2.24) is 4.98 Å². The van der Waals surface area contributed by atoms with E-state index in [9.17, 15) is 8.78 Å². The second-order valence-electron chi connectivity index (χ2n) is 4.53. The summed E-state index contributed by atoms with van der Waals surface area (Å²) in [6, 6.07) is 5.37. The third kappa shape index (κ3) is 5.25. The van der Waals surface area contributed by atoms with Gasteiger partial charge in [0.05, 0.1) is 0 Å². The fourth-order valence-electron chi connectivity index (χ4n) is 2.03. The van der Waals surface area contributed by atoms with E-state index in [0.29, 0.717) is 18.8 Å².